The van der Waals surface area contributed by atoms with E-state index in [0.717, 1.165) is 69.2 Å². The van der Waals surface area contributed by atoms with Crippen LogP contribution in [0.15, 0.2) is 24.4 Å². The molecule has 9 nitrogen and oxygen atoms in total. The Bertz CT molecular complexity index is 1370. The van der Waals surface area contributed by atoms with E-state index in [9.17, 15) is 9.59 Å². The van der Waals surface area contributed by atoms with E-state index in [2.05, 4.69) is 37.2 Å². The van der Waals surface area contributed by atoms with E-state index < -0.39 is 12.0 Å². The van der Waals surface area contributed by atoms with Gasteiger partial charge in [0.25, 0.3) is 5.91 Å². The molecule has 0 spiro atoms. The fraction of sp³-hybridized carbons (Fsp3) is 0.606. The molecule has 11 heteroatoms. The summed E-state index contributed by atoms with van der Waals surface area (Å²) in [4.78, 5) is 32.2. The third kappa shape index (κ3) is 7.53. The fourth-order valence-corrected chi connectivity index (χ4v) is 7.84. The quantitative estimate of drug-likeness (QED) is 0.153. The first-order valence-corrected chi connectivity index (χ1v) is 17.6. The maximum atomic E-state index is 15.3. The van der Waals surface area contributed by atoms with Crippen LogP contribution in [-0.4, -0.2) is 54.8 Å². The molecule has 3 N–H and O–H groups in total. The number of anilines is 1. The molecule has 0 unspecified atom stereocenters. The summed E-state index contributed by atoms with van der Waals surface area (Å²) < 4.78 is 17.1. The molecular formula is C33H46FN7O2S. The molecule has 44 heavy (non-hydrogen) atoms. The van der Waals surface area contributed by atoms with E-state index in [0.29, 0.717) is 40.9 Å². The second kappa shape index (κ2) is 15.2. The van der Waals surface area contributed by atoms with E-state index in [1.807, 2.05) is 13.8 Å². The minimum Gasteiger partial charge on any atom is -0.339 e. The number of hydrogen-bond donors (Lipinski definition) is 3. The minimum absolute atomic E-state index is 0.00670. The summed E-state index contributed by atoms with van der Waals surface area (Å²) in [5.74, 6) is 0.449. The van der Waals surface area contributed by atoms with Gasteiger partial charge in [0.05, 0.1) is 5.69 Å². The van der Waals surface area contributed by atoms with Crippen molar-refractivity contribution in [2.24, 2.45) is 17.8 Å². The summed E-state index contributed by atoms with van der Waals surface area (Å²) in [6.07, 6.45) is 15.8. The van der Waals surface area contributed by atoms with Crippen molar-refractivity contribution in [1.29, 1.82) is 0 Å². The van der Waals surface area contributed by atoms with E-state index in [1.165, 1.54) is 12.8 Å². The fourth-order valence-electron chi connectivity index (χ4n) is 7.42. The summed E-state index contributed by atoms with van der Waals surface area (Å²) in [5.41, 5.74) is 2.88. The highest BCUT2D eigenvalue weighted by Gasteiger charge is 2.41. The van der Waals surface area contributed by atoms with E-state index in [4.69, 9.17) is 0 Å². The lowest BCUT2D eigenvalue weighted by Crippen LogP contribution is -2.53. The topological polar surface area (TPSA) is 118 Å². The molecule has 3 heterocycles. The number of nitrogens with one attached hydrogen (secondary N) is 3. The number of pyridine rings is 1. The Morgan fingerprint density at radius 1 is 1.05 bits per heavy atom. The van der Waals surface area contributed by atoms with Crippen LogP contribution in [0.25, 0.3) is 11.1 Å². The second-order valence-electron chi connectivity index (χ2n) is 12.4. The minimum atomic E-state index is -0.772. The van der Waals surface area contributed by atoms with Crippen molar-refractivity contribution in [3.8, 4) is 11.1 Å². The first-order chi connectivity index (χ1) is 21.4. The maximum Gasteiger partial charge on any atom is 0.270 e. The molecule has 0 radical (unpaired) electrons. The summed E-state index contributed by atoms with van der Waals surface area (Å²) in [6, 6.07) is 4.20. The number of carbonyl (C=O) groups excluding carboxylic acids is 2. The zero-order valence-electron chi connectivity index (χ0n) is 26.2. The van der Waals surface area contributed by atoms with Crippen LogP contribution < -0.4 is 10.6 Å². The number of aryl methyl sites for hydroxylation is 3. The van der Waals surface area contributed by atoms with Gasteiger partial charge in [-0.2, -0.15) is 26.3 Å². The predicted molar refractivity (Wildman–Crippen MR) is 173 cm³/mol. The van der Waals surface area contributed by atoms with Crippen molar-refractivity contribution in [2.45, 2.75) is 97.1 Å². The molecular weight excluding hydrogens is 577 g/mol. The van der Waals surface area contributed by atoms with E-state index >= 15 is 4.39 Å². The van der Waals surface area contributed by atoms with Gasteiger partial charge in [0, 0.05) is 29.6 Å². The zero-order chi connectivity index (χ0) is 31.1. The van der Waals surface area contributed by atoms with Crippen LogP contribution in [0.1, 0.15) is 92.5 Å². The lowest BCUT2D eigenvalue weighted by molar-refractivity contribution is -0.121. The molecule has 3 aromatic rings. The Balaban J connectivity index is 1.44. The first kappa shape index (κ1) is 32.2. The number of aromatic nitrogens is 5. The van der Waals surface area contributed by atoms with Gasteiger partial charge in [-0.1, -0.05) is 64.2 Å². The third-order valence-electron chi connectivity index (χ3n) is 9.51. The Morgan fingerprint density at radius 2 is 1.73 bits per heavy atom. The van der Waals surface area contributed by atoms with E-state index in [1.54, 1.807) is 40.8 Å². The molecule has 2 aliphatic rings. The molecule has 2 aliphatic carbocycles. The highest BCUT2D eigenvalue weighted by molar-refractivity contribution is 7.98. The van der Waals surface area contributed by atoms with Crippen molar-refractivity contribution >= 4 is 29.4 Å². The summed E-state index contributed by atoms with van der Waals surface area (Å²) in [6.45, 7) is 4.28. The number of H-pyrrole nitrogens is 1. The molecule has 0 aromatic carbocycles. The molecule has 5 rings (SSSR count). The Morgan fingerprint density at radius 3 is 2.32 bits per heavy atom. The van der Waals surface area contributed by atoms with Crippen molar-refractivity contribution in [2.75, 3.05) is 17.3 Å². The second-order valence-corrected chi connectivity index (χ2v) is 13.4. The highest BCUT2D eigenvalue weighted by atomic mass is 32.2. The summed E-state index contributed by atoms with van der Waals surface area (Å²) in [5, 5.41) is 17.5. The van der Waals surface area contributed by atoms with Crippen LogP contribution in [0.2, 0.25) is 0 Å². The van der Waals surface area contributed by atoms with Gasteiger partial charge in [-0.15, -0.1) is 0 Å². The van der Waals surface area contributed by atoms with Gasteiger partial charge in [-0.05, 0) is 68.2 Å². The summed E-state index contributed by atoms with van der Waals surface area (Å²) >= 11 is 1.76. The highest BCUT2D eigenvalue weighted by Crippen LogP contribution is 2.42. The number of nitrogens with zero attached hydrogens (tertiary/aromatic N) is 4. The van der Waals surface area contributed by atoms with Gasteiger partial charge in [-0.3, -0.25) is 19.4 Å². The molecule has 2 amide bonds. The van der Waals surface area contributed by atoms with Crippen LogP contribution in [0.3, 0.4) is 0 Å². The van der Waals surface area contributed by atoms with Crippen molar-refractivity contribution in [1.82, 2.24) is 30.3 Å². The number of rotatable bonds is 12. The van der Waals surface area contributed by atoms with Crippen molar-refractivity contribution in [3.63, 3.8) is 0 Å². The van der Waals surface area contributed by atoms with Crippen LogP contribution in [-0.2, 0) is 11.3 Å². The van der Waals surface area contributed by atoms with Crippen molar-refractivity contribution in [3.05, 3.63) is 47.4 Å². The molecule has 1 atom stereocenters. The smallest absolute Gasteiger partial charge is 0.270 e. The largest absolute Gasteiger partial charge is 0.339 e. The Hall–Kier alpha value is -3.21. The lowest BCUT2D eigenvalue weighted by Gasteiger charge is -2.41. The standard InChI is InChI=1S/C33H46FN7O2S/c1-21-28(22(2)40-39-21)25-15-16-27(36-31(25)34)37-33(43)30(38-32(42)26-17-18-35-41(26)19-10-20-44-3)29(23-11-6-4-7-12-23)24-13-8-5-9-14-24/h15-18,23-24,29-30H,4-14,19-20H2,1-3H3,(H,38,42)(H,39,40)(H,36,37,43)/t30-/m1/s1. The Labute approximate surface area is 263 Å². The van der Waals surface area contributed by atoms with Crippen LogP contribution in [0.4, 0.5) is 10.2 Å². The van der Waals surface area contributed by atoms with Crippen molar-refractivity contribution < 1.29 is 14.0 Å². The number of hydrogen-bond acceptors (Lipinski definition) is 6. The molecule has 0 aliphatic heterocycles. The number of aromatic amines is 1. The molecule has 0 bridgehead atoms. The van der Waals surface area contributed by atoms with Crippen LogP contribution in [0.5, 0.6) is 0 Å². The molecule has 0 saturated heterocycles. The molecule has 2 fully saturated rings. The van der Waals surface area contributed by atoms with Crippen LogP contribution >= 0.6 is 11.8 Å². The van der Waals surface area contributed by atoms with Gasteiger partial charge in [0.2, 0.25) is 11.9 Å². The SMILES string of the molecule is CSCCCn1nccc1C(=O)N[C@@H](C(=O)Nc1ccc(-c2c(C)n[nH]c2C)c(F)n1)C(C1CCCCC1)C1CCCCC1. The Kier molecular flexibility index (Phi) is 11.1. The lowest BCUT2D eigenvalue weighted by atomic mass is 9.66. The van der Waals surface area contributed by atoms with Gasteiger partial charge >= 0.3 is 0 Å². The van der Waals surface area contributed by atoms with Crippen LogP contribution in [0, 0.1) is 37.5 Å². The number of thioether (sulfide) groups is 1. The average molecular weight is 624 g/mol. The normalized spacial score (nSPS) is 17.1. The maximum absolute atomic E-state index is 15.3. The first-order valence-electron chi connectivity index (χ1n) is 16.2. The average Bonchev–Trinajstić information content (AvgIpc) is 3.64. The van der Waals surface area contributed by atoms with Gasteiger partial charge in [0.15, 0.2) is 0 Å². The van der Waals surface area contributed by atoms with E-state index in [-0.39, 0.29) is 23.6 Å². The molecule has 238 valence electrons. The van der Waals surface area contributed by atoms with Gasteiger partial charge in [0.1, 0.15) is 17.6 Å². The van der Waals surface area contributed by atoms with Gasteiger partial charge < -0.3 is 10.6 Å². The molecule has 2 saturated carbocycles. The number of amides is 2. The summed E-state index contributed by atoms with van der Waals surface area (Å²) in [7, 11) is 0. The predicted octanol–water partition coefficient (Wildman–Crippen LogP) is 6.69. The zero-order valence-corrected chi connectivity index (χ0v) is 27.0. The van der Waals surface area contributed by atoms with Gasteiger partial charge in [-0.25, -0.2) is 4.98 Å². The number of halogens is 1. The third-order valence-corrected chi connectivity index (χ3v) is 10.2. The number of carbonyl (C=O) groups is 2. The monoisotopic (exact) mass is 623 g/mol. The molecule has 3 aromatic heterocycles.